The average molecular weight is 325 g/mol. The molecule has 2 rings (SSSR count). The Morgan fingerprint density at radius 2 is 2.05 bits per heavy atom. The van der Waals surface area contributed by atoms with Gasteiger partial charge in [-0.15, -0.1) is 0 Å². The van der Waals surface area contributed by atoms with E-state index in [1.165, 1.54) is 6.08 Å². The molecule has 22 heavy (non-hydrogen) atoms. The summed E-state index contributed by atoms with van der Waals surface area (Å²) in [5.41, 5.74) is 0.711. The minimum atomic E-state index is -0.364. The summed E-state index contributed by atoms with van der Waals surface area (Å²) in [6.07, 6.45) is 2.93. The molecule has 0 saturated carbocycles. The Kier molecular flexibility index (Phi) is 5.66. The van der Waals surface area contributed by atoms with Crippen LogP contribution >= 0.6 is 11.6 Å². The topological polar surface area (TPSA) is 76.7 Å². The maximum absolute atomic E-state index is 11.6. The smallest absolute Gasteiger partial charge is 0.244 e. The van der Waals surface area contributed by atoms with E-state index in [1.54, 1.807) is 18.2 Å². The van der Waals surface area contributed by atoms with Gasteiger partial charge in [-0.2, -0.15) is 0 Å². The van der Waals surface area contributed by atoms with Crippen LogP contribution in [0.2, 0.25) is 5.02 Å². The van der Waals surface area contributed by atoms with Gasteiger partial charge in [0.2, 0.25) is 11.8 Å². The monoisotopic (exact) mass is 324 g/mol. The molecule has 6 nitrogen and oxygen atoms in total. The molecule has 2 N–H and O–H groups in total. The van der Waals surface area contributed by atoms with Gasteiger partial charge in [-0.3, -0.25) is 9.59 Å². The Labute approximate surface area is 133 Å². The Bertz CT molecular complexity index is 601. The molecule has 0 fully saturated rings. The summed E-state index contributed by atoms with van der Waals surface area (Å²) in [5.74, 6) is 0.482. The first-order valence-electron chi connectivity index (χ1n) is 6.92. The third kappa shape index (κ3) is 4.39. The predicted octanol–water partition coefficient (Wildman–Crippen LogP) is 1.38. The fourth-order valence-electron chi connectivity index (χ4n) is 1.88. The van der Waals surface area contributed by atoms with E-state index in [4.69, 9.17) is 21.1 Å². The molecule has 1 aliphatic heterocycles. The fourth-order valence-corrected chi connectivity index (χ4v) is 2.16. The molecule has 118 valence electrons. The maximum Gasteiger partial charge on any atom is 0.244 e. The lowest BCUT2D eigenvalue weighted by molar-refractivity contribution is -0.123. The van der Waals surface area contributed by atoms with E-state index < -0.39 is 0 Å². The number of ether oxygens (including phenoxy) is 2. The summed E-state index contributed by atoms with van der Waals surface area (Å²) in [7, 11) is 0. The van der Waals surface area contributed by atoms with Gasteiger partial charge in [0.1, 0.15) is 13.2 Å². The molecule has 2 amide bonds. The van der Waals surface area contributed by atoms with Crippen LogP contribution in [0.5, 0.6) is 11.5 Å². The number of likely N-dealkylation sites (N-methyl/N-ethyl adjacent to an activating group) is 1. The van der Waals surface area contributed by atoms with Gasteiger partial charge in [0, 0.05) is 12.6 Å². The lowest BCUT2D eigenvalue weighted by atomic mass is 10.1. The first-order valence-corrected chi connectivity index (χ1v) is 7.29. The number of fused-ring (bicyclic) bond motifs is 1. The molecule has 0 aliphatic carbocycles. The number of halogens is 1. The Balaban J connectivity index is 1.96. The first kappa shape index (κ1) is 16.2. The van der Waals surface area contributed by atoms with Crippen molar-refractivity contribution < 1.29 is 19.1 Å². The summed E-state index contributed by atoms with van der Waals surface area (Å²) in [6, 6.07) is 3.43. The summed E-state index contributed by atoms with van der Waals surface area (Å²) in [6.45, 7) is 3.21. The van der Waals surface area contributed by atoms with Crippen molar-refractivity contribution in [3.8, 4) is 11.5 Å². The summed E-state index contributed by atoms with van der Waals surface area (Å²) >= 11 is 6.11. The summed E-state index contributed by atoms with van der Waals surface area (Å²) in [5, 5.41) is 5.51. The Hall–Kier alpha value is -2.21. The molecule has 0 radical (unpaired) electrons. The standard InChI is InChI=1S/C15H17ClN2O4/c1-2-17-14(20)9-18-13(19)4-3-10-7-11(16)15-12(8-10)21-5-6-22-15/h3-4,7-8H,2,5-6,9H2,1H3,(H,17,20)(H,18,19)/b4-3+. The minimum Gasteiger partial charge on any atom is -0.486 e. The number of nitrogens with one attached hydrogen (secondary N) is 2. The van der Waals surface area contributed by atoms with Gasteiger partial charge < -0.3 is 20.1 Å². The molecular formula is C15H17ClN2O4. The minimum absolute atomic E-state index is 0.0566. The van der Waals surface area contributed by atoms with E-state index in [-0.39, 0.29) is 18.4 Å². The predicted molar refractivity (Wildman–Crippen MR) is 83.2 cm³/mol. The van der Waals surface area contributed by atoms with Crippen LogP contribution < -0.4 is 20.1 Å². The highest BCUT2D eigenvalue weighted by molar-refractivity contribution is 6.32. The van der Waals surface area contributed by atoms with Gasteiger partial charge in [-0.1, -0.05) is 11.6 Å². The van der Waals surface area contributed by atoms with Crippen molar-refractivity contribution in [1.82, 2.24) is 10.6 Å². The van der Waals surface area contributed by atoms with E-state index >= 15 is 0 Å². The molecule has 0 unspecified atom stereocenters. The second-order valence-corrected chi connectivity index (χ2v) is 4.94. The van der Waals surface area contributed by atoms with Crippen molar-refractivity contribution in [2.45, 2.75) is 6.92 Å². The van der Waals surface area contributed by atoms with E-state index in [1.807, 2.05) is 6.92 Å². The molecule has 1 aromatic rings. The number of amides is 2. The van der Waals surface area contributed by atoms with E-state index in [0.29, 0.717) is 41.8 Å². The molecule has 0 bridgehead atoms. The molecule has 7 heteroatoms. The number of hydrogen-bond acceptors (Lipinski definition) is 4. The number of carbonyl (C=O) groups is 2. The Morgan fingerprint density at radius 1 is 1.27 bits per heavy atom. The van der Waals surface area contributed by atoms with E-state index in [9.17, 15) is 9.59 Å². The van der Waals surface area contributed by atoms with Crippen molar-refractivity contribution in [2.75, 3.05) is 26.3 Å². The van der Waals surface area contributed by atoms with Gasteiger partial charge in [-0.25, -0.2) is 0 Å². The van der Waals surface area contributed by atoms with Crippen LogP contribution in [0.25, 0.3) is 6.08 Å². The SMILES string of the molecule is CCNC(=O)CNC(=O)/C=C/c1cc(Cl)c2c(c1)OCCO2. The van der Waals surface area contributed by atoms with Crippen molar-refractivity contribution >= 4 is 29.5 Å². The molecule has 0 spiro atoms. The third-order valence-corrected chi connectivity index (χ3v) is 3.12. The molecular weight excluding hydrogens is 308 g/mol. The zero-order chi connectivity index (χ0) is 15.9. The normalized spacial score (nSPS) is 13.0. The number of rotatable bonds is 5. The van der Waals surface area contributed by atoms with Gasteiger partial charge in [0.05, 0.1) is 11.6 Å². The second kappa shape index (κ2) is 7.70. The zero-order valence-electron chi connectivity index (χ0n) is 12.1. The van der Waals surface area contributed by atoms with Crippen LogP contribution in [0.1, 0.15) is 12.5 Å². The number of hydrogen-bond donors (Lipinski definition) is 2. The summed E-state index contributed by atoms with van der Waals surface area (Å²) < 4.78 is 10.9. The first-order chi connectivity index (χ1) is 10.6. The number of carbonyl (C=O) groups excluding carboxylic acids is 2. The highest BCUT2D eigenvalue weighted by Gasteiger charge is 2.15. The molecule has 1 aromatic carbocycles. The summed E-state index contributed by atoms with van der Waals surface area (Å²) in [4.78, 5) is 22.9. The highest BCUT2D eigenvalue weighted by Crippen LogP contribution is 2.38. The molecule has 0 atom stereocenters. The van der Waals surface area contributed by atoms with Gasteiger partial charge >= 0.3 is 0 Å². The van der Waals surface area contributed by atoms with Gasteiger partial charge in [-0.05, 0) is 30.7 Å². The maximum atomic E-state index is 11.6. The number of benzene rings is 1. The van der Waals surface area contributed by atoms with E-state index in [0.717, 1.165) is 0 Å². The van der Waals surface area contributed by atoms with Crippen LogP contribution in [-0.4, -0.2) is 38.1 Å². The van der Waals surface area contributed by atoms with Crippen LogP contribution in [0, 0.1) is 0 Å². The molecule has 1 heterocycles. The Morgan fingerprint density at radius 3 is 2.82 bits per heavy atom. The largest absolute Gasteiger partial charge is 0.486 e. The molecule has 0 aromatic heterocycles. The van der Waals surface area contributed by atoms with Crippen molar-refractivity contribution in [3.63, 3.8) is 0 Å². The van der Waals surface area contributed by atoms with Crippen molar-refractivity contribution in [1.29, 1.82) is 0 Å². The lowest BCUT2D eigenvalue weighted by Gasteiger charge is -2.19. The highest BCUT2D eigenvalue weighted by atomic mass is 35.5. The third-order valence-electron chi connectivity index (χ3n) is 2.84. The van der Waals surface area contributed by atoms with E-state index in [2.05, 4.69) is 10.6 Å². The van der Waals surface area contributed by atoms with Crippen LogP contribution in [0.4, 0.5) is 0 Å². The van der Waals surface area contributed by atoms with Crippen molar-refractivity contribution in [2.24, 2.45) is 0 Å². The van der Waals surface area contributed by atoms with Crippen LogP contribution in [0.3, 0.4) is 0 Å². The van der Waals surface area contributed by atoms with Crippen molar-refractivity contribution in [3.05, 3.63) is 28.8 Å². The lowest BCUT2D eigenvalue weighted by Crippen LogP contribution is -2.35. The average Bonchev–Trinajstić information content (AvgIpc) is 2.51. The molecule has 0 saturated heterocycles. The zero-order valence-corrected chi connectivity index (χ0v) is 12.9. The van der Waals surface area contributed by atoms with Crippen LogP contribution in [0.15, 0.2) is 18.2 Å². The second-order valence-electron chi connectivity index (χ2n) is 4.53. The van der Waals surface area contributed by atoms with Gasteiger partial charge in [0.15, 0.2) is 11.5 Å². The van der Waals surface area contributed by atoms with Gasteiger partial charge in [0.25, 0.3) is 0 Å². The quantitative estimate of drug-likeness (QED) is 0.802. The van der Waals surface area contributed by atoms with Crippen LogP contribution in [-0.2, 0) is 9.59 Å². The fraction of sp³-hybridized carbons (Fsp3) is 0.333. The molecule has 1 aliphatic rings.